The first-order chi connectivity index (χ1) is 9.29. The highest BCUT2D eigenvalue weighted by Gasteiger charge is 2.12. The van der Waals surface area contributed by atoms with Gasteiger partial charge in [0.15, 0.2) is 0 Å². The molecule has 1 aromatic carbocycles. The van der Waals surface area contributed by atoms with Crippen LogP contribution in [0.4, 0.5) is 5.69 Å². The Labute approximate surface area is 120 Å². The maximum absolute atomic E-state index is 9.53. The molecule has 2 N–H and O–H groups in total. The predicted octanol–water partition coefficient (Wildman–Crippen LogP) is 2.68. The van der Waals surface area contributed by atoms with Crippen molar-refractivity contribution >= 4 is 17.3 Å². The number of hydrogen-bond acceptors (Lipinski definition) is 3. The van der Waals surface area contributed by atoms with Gasteiger partial charge >= 0.3 is 0 Å². The summed E-state index contributed by atoms with van der Waals surface area (Å²) in [6, 6.07) is 8.32. The molecule has 1 fully saturated rings. The number of aliphatic hydroxyl groups excluding tert-OH is 1. The second kappa shape index (κ2) is 7.73. The van der Waals surface area contributed by atoms with Crippen molar-refractivity contribution in [2.75, 3.05) is 30.8 Å². The van der Waals surface area contributed by atoms with Gasteiger partial charge in [0.1, 0.15) is 0 Å². The highest BCUT2D eigenvalue weighted by atomic mass is 35.5. The third-order valence-corrected chi connectivity index (χ3v) is 3.92. The van der Waals surface area contributed by atoms with Crippen LogP contribution in [-0.2, 0) is 6.54 Å². The average Bonchev–Trinajstić information content (AvgIpc) is 2.47. The highest BCUT2D eigenvalue weighted by Crippen LogP contribution is 2.19. The van der Waals surface area contributed by atoms with Gasteiger partial charge in [-0.2, -0.15) is 0 Å². The molecule has 0 amide bonds. The fourth-order valence-electron chi connectivity index (χ4n) is 2.47. The summed E-state index contributed by atoms with van der Waals surface area (Å²) in [5.41, 5.74) is 2.41. The Balaban J connectivity index is 1.94. The molecule has 1 aliphatic heterocycles. The molecule has 1 atom stereocenters. The number of piperidine rings is 1. The molecule has 3 nitrogen and oxygen atoms in total. The first-order valence-electron chi connectivity index (χ1n) is 7.08. The van der Waals surface area contributed by atoms with Gasteiger partial charge in [-0.1, -0.05) is 24.6 Å². The maximum Gasteiger partial charge on any atom is 0.0847 e. The molecule has 2 rings (SSSR count). The summed E-state index contributed by atoms with van der Waals surface area (Å²) < 4.78 is 0. The Hall–Kier alpha value is -0.770. The van der Waals surface area contributed by atoms with Crippen LogP contribution >= 0.6 is 11.6 Å². The van der Waals surface area contributed by atoms with Gasteiger partial charge < -0.3 is 10.4 Å². The number of likely N-dealkylation sites (tertiary alicyclic amines) is 1. The van der Waals surface area contributed by atoms with Gasteiger partial charge in [-0.15, -0.1) is 11.6 Å². The van der Waals surface area contributed by atoms with E-state index in [9.17, 15) is 5.11 Å². The average molecular weight is 283 g/mol. The van der Waals surface area contributed by atoms with Crippen LogP contribution in [0.25, 0.3) is 0 Å². The molecule has 0 aromatic heterocycles. The number of rotatable bonds is 6. The molecule has 19 heavy (non-hydrogen) atoms. The third kappa shape index (κ3) is 4.68. The number of anilines is 1. The van der Waals surface area contributed by atoms with Crippen molar-refractivity contribution in [1.82, 2.24) is 4.90 Å². The summed E-state index contributed by atoms with van der Waals surface area (Å²) in [6.45, 7) is 3.87. The summed E-state index contributed by atoms with van der Waals surface area (Å²) in [5, 5.41) is 12.8. The zero-order chi connectivity index (χ0) is 13.5. The Morgan fingerprint density at radius 1 is 1.21 bits per heavy atom. The van der Waals surface area contributed by atoms with Crippen LogP contribution in [0.2, 0.25) is 0 Å². The van der Waals surface area contributed by atoms with Crippen LogP contribution in [-0.4, -0.2) is 41.6 Å². The van der Waals surface area contributed by atoms with Crippen LogP contribution in [0.5, 0.6) is 0 Å². The van der Waals surface area contributed by atoms with E-state index in [1.165, 1.54) is 37.9 Å². The van der Waals surface area contributed by atoms with E-state index < -0.39 is 6.10 Å². The lowest BCUT2D eigenvalue weighted by Crippen LogP contribution is -2.29. The van der Waals surface area contributed by atoms with Crippen LogP contribution in [0, 0.1) is 0 Å². The molecule has 1 aliphatic rings. The molecule has 0 radical (unpaired) electrons. The monoisotopic (exact) mass is 282 g/mol. The first kappa shape index (κ1) is 14.6. The Morgan fingerprint density at radius 2 is 1.95 bits per heavy atom. The highest BCUT2D eigenvalue weighted by molar-refractivity contribution is 6.18. The van der Waals surface area contributed by atoms with Gasteiger partial charge in [-0.25, -0.2) is 0 Å². The van der Waals surface area contributed by atoms with Crippen molar-refractivity contribution in [3.05, 3.63) is 29.8 Å². The van der Waals surface area contributed by atoms with Crippen molar-refractivity contribution < 1.29 is 5.11 Å². The summed E-state index contributed by atoms with van der Waals surface area (Å²) in [4.78, 5) is 2.50. The van der Waals surface area contributed by atoms with E-state index in [0.29, 0.717) is 6.54 Å². The zero-order valence-corrected chi connectivity index (χ0v) is 12.1. The van der Waals surface area contributed by atoms with Gasteiger partial charge in [-0.05, 0) is 37.6 Å². The molecule has 106 valence electrons. The SMILES string of the molecule is OC(CCl)CNc1ccccc1CN1CCCCC1. The van der Waals surface area contributed by atoms with Gasteiger partial charge in [-0.3, -0.25) is 4.90 Å². The second-order valence-electron chi connectivity index (χ2n) is 5.18. The van der Waals surface area contributed by atoms with Crippen molar-refractivity contribution in [1.29, 1.82) is 0 Å². The van der Waals surface area contributed by atoms with E-state index >= 15 is 0 Å². The Bertz CT molecular complexity index is 380. The summed E-state index contributed by atoms with van der Waals surface area (Å²) >= 11 is 5.62. The summed E-state index contributed by atoms with van der Waals surface area (Å²) in [6.07, 6.45) is 3.48. The van der Waals surface area contributed by atoms with Crippen molar-refractivity contribution in [2.24, 2.45) is 0 Å². The Kier molecular flexibility index (Phi) is 5.95. The van der Waals surface area contributed by atoms with E-state index in [0.717, 1.165) is 12.2 Å². The van der Waals surface area contributed by atoms with Crippen molar-refractivity contribution in [3.63, 3.8) is 0 Å². The molecule has 1 saturated heterocycles. The number of hydrogen-bond donors (Lipinski definition) is 2. The molecular formula is C15H23ClN2O. The fraction of sp³-hybridized carbons (Fsp3) is 0.600. The molecule has 0 bridgehead atoms. The molecule has 0 spiro atoms. The molecule has 1 unspecified atom stereocenters. The largest absolute Gasteiger partial charge is 0.390 e. The van der Waals surface area contributed by atoms with Crippen LogP contribution in [0.3, 0.4) is 0 Å². The minimum absolute atomic E-state index is 0.265. The van der Waals surface area contributed by atoms with Crippen LogP contribution < -0.4 is 5.32 Å². The maximum atomic E-state index is 9.53. The fourth-order valence-corrected chi connectivity index (χ4v) is 2.58. The van der Waals surface area contributed by atoms with E-state index in [-0.39, 0.29) is 5.88 Å². The lowest BCUT2D eigenvalue weighted by molar-refractivity contribution is 0.211. The molecular weight excluding hydrogens is 260 g/mol. The number of para-hydroxylation sites is 1. The van der Waals surface area contributed by atoms with Gasteiger partial charge in [0, 0.05) is 18.8 Å². The van der Waals surface area contributed by atoms with Gasteiger partial charge in [0.25, 0.3) is 0 Å². The second-order valence-corrected chi connectivity index (χ2v) is 5.49. The first-order valence-corrected chi connectivity index (χ1v) is 7.61. The zero-order valence-electron chi connectivity index (χ0n) is 11.3. The number of nitrogens with zero attached hydrogens (tertiary/aromatic N) is 1. The predicted molar refractivity (Wildman–Crippen MR) is 80.8 cm³/mol. The topological polar surface area (TPSA) is 35.5 Å². The molecule has 1 aromatic rings. The number of aliphatic hydroxyl groups is 1. The lowest BCUT2D eigenvalue weighted by Gasteiger charge is -2.27. The third-order valence-electron chi connectivity index (χ3n) is 3.57. The minimum atomic E-state index is -0.496. The van der Waals surface area contributed by atoms with E-state index in [1.54, 1.807) is 0 Å². The number of alkyl halides is 1. The number of benzene rings is 1. The number of nitrogens with one attached hydrogen (secondary N) is 1. The lowest BCUT2D eigenvalue weighted by atomic mass is 10.1. The van der Waals surface area contributed by atoms with Crippen LogP contribution in [0.1, 0.15) is 24.8 Å². The molecule has 0 aliphatic carbocycles. The van der Waals surface area contributed by atoms with Crippen molar-refractivity contribution in [2.45, 2.75) is 31.9 Å². The number of halogens is 1. The molecule has 1 heterocycles. The van der Waals surface area contributed by atoms with E-state index in [4.69, 9.17) is 11.6 Å². The van der Waals surface area contributed by atoms with Gasteiger partial charge in [0.2, 0.25) is 0 Å². The normalized spacial score (nSPS) is 18.2. The van der Waals surface area contributed by atoms with Gasteiger partial charge in [0.05, 0.1) is 12.0 Å². The summed E-state index contributed by atoms with van der Waals surface area (Å²) in [5.74, 6) is 0.265. The van der Waals surface area contributed by atoms with E-state index in [2.05, 4.69) is 28.4 Å². The minimum Gasteiger partial charge on any atom is -0.390 e. The Morgan fingerprint density at radius 3 is 2.68 bits per heavy atom. The summed E-state index contributed by atoms with van der Waals surface area (Å²) in [7, 11) is 0. The smallest absolute Gasteiger partial charge is 0.0847 e. The van der Waals surface area contributed by atoms with E-state index in [1.807, 2.05) is 6.07 Å². The van der Waals surface area contributed by atoms with Crippen molar-refractivity contribution in [3.8, 4) is 0 Å². The molecule has 0 saturated carbocycles. The quantitative estimate of drug-likeness (QED) is 0.788. The van der Waals surface area contributed by atoms with Crippen LogP contribution in [0.15, 0.2) is 24.3 Å². The standard InChI is InChI=1S/C15H23ClN2O/c16-10-14(19)11-17-15-7-3-2-6-13(15)12-18-8-4-1-5-9-18/h2-3,6-7,14,17,19H,1,4-5,8-12H2. The molecule has 4 heteroatoms.